The Balaban J connectivity index is 2.40. The van der Waals surface area contributed by atoms with Crippen molar-refractivity contribution in [2.45, 2.75) is 26.8 Å². The zero-order valence-corrected chi connectivity index (χ0v) is 11.8. The predicted octanol–water partition coefficient (Wildman–Crippen LogP) is 1.95. The van der Waals surface area contributed by atoms with Crippen LogP contribution in [0.4, 0.5) is 5.82 Å². The summed E-state index contributed by atoms with van der Waals surface area (Å²) in [6.45, 7) is 5.83. The molecule has 2 aromatic heterocycles. The van der Waals surface area contributed by atoms with Crippen molar-refractivity contribution in [3.63, 3.8) is 0 Å². The summed E-state index contributed by atoms with van der Waals surface area (Å²) in [6, 6.07) is 3.76. The Morgan fingerprint density at radius 2 is 2.30 bits per heavy atom. The molecule has 0 amide bonds. The van der Waals surface area contributed by atoms with Crippen molar-refractivity contribution < 1.29 is 9.53 Å². The van der Waals surface area contributed by atoms with E-state index in [1.165, 1.54) is 0 Å². The number of hydrogen-bond donors (Lipinski definition) is 1. The maximum absolute atomic E-state index is 11.8. The topological polar surface area (TPSA) is 83.0 Å². The van der Waals surface area contributed by atoms with Crippen LogP contribution in [0.1, 0.15) is 41.8 Å². The van der Waals surface area contributed by atoms with Gasteiger partial charge in [0.25, 0.3) is 0 Å². The zero-order valence-electron chi connectivity index (χ0n) is 11.8. The third kappa shape index (κ3) is 2.49. The maximum atomic E-state index is 11.8. The van der Waals surface area contributed by atoms with Crippen LogP contribution in [0.25, 0.3) is 0 Å². The van der Waals surface area contributed by atoms with Gasteiger partial charge in [-0.05, 0) is 32.4 Å². The molecule has 0 aliphatic rings. The summed E-state index contributed by atoms with van der Waals surface area (Å²) in [6.07, 6.45) is 3.48. The van der Waals surface area contributed by atoms with Gasteiger partial charge in [0, 0.05) is 12.4 Å². The van der Waals surface area contributed by atoms with Crippen molar-refractivity contribution in [2.24, 2.45) is 0 Å². The van der Waals surface area contributed by atoms with E-state index in [1.54, 1.807) is 19.3 Å². The molecule has 1 atom stereocenters. The van der Waals surface area contributed by atoms with Gasteiger partial charge in [-0.15, -0.1) is 0 Å². The minimum Gasteiger partial charge on any atom is -0.461 e. The lowest BCUT2D eigenvalue weighted by Gasteiger charge is -2.16. The van der Waals surface area contributed by atoms with Crippen LogP contribution in [0.15, 0.2) is 24.5 Å². The Labute approximate surface area is 117 Å². The molecule has 2 N–H and O–H groups in total. The molecule has 2 aromatic rings. The van der Waals surface area contributed by atoms with Crippen LogP contribution in [-0.2, 0) is 4.74 Å². The van der Waals surface area contributed by atoms with Crippen LogP contribution in [0, 0.1) is 6.92 Å². The number of imidazole rings is 1. The molecule has 106 valence electrons. The van der Waals surface area contributed by atoms with E-state index in [9.17, 15) is 4.79 Å². The van der Waals surface area contributed by atoms with E-state index in [1.807, 2.05) is 30.5 Å². The Kier molecular flexibility index (Phi) is 4.02. The third-order valence-corrected chi connectivity index (χ3v) is 3.15. The van der Waals surface area contributed by atoms with Gasteiger partial charge in [-0.2, -0.15) is 0 Å². The molecule has 0 aliphatic carbocycles. The van der Waals surface area contributed by atoms with Gasteiger partial charge in [-0.3, -0.25) is 4.98 Å². The molecule has 0 aliphatic heterocycles. The molecule has 0 saturated heterocycles. The molecule has 1 unspecified atom stereocenters. The highest BCUT2D eigenvalue weighted by atomic mass is 16.5. The standard InChI is InChI=1S/C14H18N4O2/c1-4-20-14(19)12-13(15)18(10(3)17-12)9(2)11-6-5-7-16-8-11/h5-9H,4,15H2,1-3H3. The molecular weight excluding hydrogens is 256 g/mol. The van der Waals surface area contributed by atoms with Crippen molar-refractivity contribution in [3.05, 3.63) is 41.6 Å². The third-order valence-electron chi connectivity index (χ3n) is 3.15. The number of carbonyl (C=O) groups excluding carboxylic acids is 1. The number of nitrogens with zero attached hydrogens (tertiary/aromatic N) is 3. The lowest BCUT2D eigenvalue weighted by molar-refractivity contribution is 0.0521. The van der Waals surface area contributed by atoms with E-state index in [0.29, 0.717) is 18.2 Å². The summed E-state index contributed by atoms with van der Waals surface area (Å²) in [5.41, 5.74) is 7.22. The van der Waals surface area contributed by atoms with Gasteiger partial charge in [-0.25, -0.2) is 9.78 Å². The van der Waals surface area contributed by atoms with E-state index in [4.69, 9.17) is 10.5 Å². The van der Waals surface area contributed by atoms with Gasteiger partial charge in [0.15, 0.2) is 5.69 Å². The average molecular weight is 274 g/mol. The highest BCUT2D eigenvalue weighted by Gasteiger charge is 2.23. The summed E-state index contributed by atoms with van der Waals surface area (Å²) in [5, 5.41) is 0. The fraction of sp³-hybridized carbons (Fsp3) is 0.357. The number of rotatable bonds is 4. The van der Waals surface area contributed by atoms with Gasteiger partial charge >= 0.3 is 5.97 Å². The van der Waals surface area contributed by atoms with E-state index in [-0.39, 0.29) is 11.7 Å². The van der Waals surface area contributed by atoms with Gasteiger partial charge < -0.3 is 15.0 Å². The van der Waals surface area contributed by atoms with Crippen molar-refractivity contribution in [1.82, 2.24) is 14.5 Å². The average Bonchev–Trinajstić information content (AvgIpc) is 2.75. The first-order valence-corrected chi connectivity index (χ1v) is 6.47. The number of esters is 1. The maximum Gasteiger partial charge on any atom is 0.360 e. The monoisotopic (exact) mass is 274 g/mol. The largest absolute Gasteiger partial charge is 0.461 e. The Morgan fingerprint density at radius 1 is 1.55 bits per heavy atom. The molecule has 0 saturated carbocycles. The molecule has 20 heavy (non-hydrogen) atoms. The van der Waals surface area contributed by atoms with Crippen LogP contribution in [0.5, 0.6) is 0 Å². The molecule has 0 fully saturated rings. The van der Waals surface area contributed by atoms with Crippen molar-refractivity contribution in [2.75, 3.05) is 12.3 Å². The van der Waals surface area contributed by atoms with Gasteiger partial charge in [0.1, 0.15) is 11.6 Å². The Morgan fingerprint density at radius 3 is 2.90 bits per heavy atom. The van der Waals surface area contributed by atoms with Crippen LogP contribution >= 0.6 is 0 Å². The Hall–Kier alpha value is -2.37. The van der Waals surface area contributed by atoms with E-state index in [0.717, 1.165) is 5.56 Å². The molecule has 2 heterocycles. The van der Waals surface area contributed by atoms with E-state index in [2.05, 4.69) is 9.97 Å². The first kappa shape index (κ1) is 14.0. The second-order valence-electron chi connectivity index (χ2n) is 4.45. The van der Waals surface area contributed by atoms with Gasteiger partial charge in [0.05, 0.1) is 12.6 Å². The summed E-state index contributed by atoms with van der Waals surface area (Å²) >= 11 is 0. The highest BCUT2D eigenvalue weighted by molar-refractivity contribution is 5.92. The lowest BCUT2D eigenvalue weighted by atomic mass is 10.1. The predicted molar refractivity (Wildman–Crippen MR) is 75.4 cm³/mol. The Bertz CT molecular complexity index is 607. The second-order valence-corrected chi connectivity index (χ2v) is 4.45. The van der Waals surface area contributed by atoms with Gasteiger partial charge in [0.2, 0.25) is 0 Å². The fourth-order valence-corrected chi connectivity index (χ4v) is 2.17. The van der Waals surface area contributed by atoms with E-state index < -0.39 is 5.97 Å². The summed E-state index contributed by atoms with van der Waals surface area (Å²) < 4.78 is 6.76. The number of nitrogen functional groups attached to an aromatic ring is 1. The molecule has 6 heteroatoms. The van der Waals surface area contributed by atoms with Crippen molar-refractivity contribution in [3.8, 4) is 0 Å². The van der Waals surface area contributed by atoms with Crippen LogP contribution in [0.3, 0.4) is 0 Å². The minimum atomic E-state index is -0.495. The summed E-state index contributed by atoms with van der Waals surface area (Å²) in [7, 11) is 0. The summed E-state index contributed by atoms with van der Waals surface area (Å²) in [4.78, 5) is 20.1. The molecule has 2 rings (SSSR count). The second kappa shape index (κ2) is 5.73. The number of anilines is 1. The van der Waals surface area contributed by atoms with Crippen molar-refractivity contribution in [1.29, 1.82) is 0 Å². The summed E-state index contributed by atoms with van der Waals surface area (Å²) in [5.74, 6) is 0.490. The fourth-order valence-electron chi connectivity index (χ4n) is 2.17. The number of aromatic nitrogens is 3. The van der Waals surface area contributed by atoms with Crippen molar-refractivity contribution >= 4 is 11.8 Å². The molecule has 0 radical (unpaired) electrons. The molecule has 6 nitrogen and oxygen atoms in total. The molecular formula is C14H18N4O2. The first-order valence-electron chi connectivity index (χ1n) is 6.47. The number of aryl methyl sites for hydroxylation is 1. The SMILES string of the molecule is CCOC(=O)c1nc(C)n(C(C)c2cccnc2)c1N. The number of nitrogens with two attached hydrogens (primary N) is 1. The quantitative estimate of drug-likeness (QED) is 0.862. The first-order chi connectivity index (χ1) is 9.56. The van der Waals surface area contributed by atoms with Crippen LogP contribution < -0.4 is 5.73 Å². The minimum absolute atomic E-state index is 0.0561. The van der Waals surface area contributed by atoms with Crippen LogP contribution in [-0.4, -0.2) is 27.1 Å². The molecule has 0 spiro atoms. The molecule has 0 bridgehead atoms. The zero-order chi connectivity index (χ0) is 14.7. The highest BCUT2D eigenvalue weighted by Crippen LogP contribution is 2.25. The van der Waals surface area contributed by atoms with Crippen LogP contribution in [0.2, 0.25) is 0 Å². The van der Waals surface area contributed by atoms with E-state index >= 15 is 0 Å². The number of carbonyl (C=O) groups is 1. The number of ether oxygens (including phenoxy) is 1. The molecule has 0 aromatic carbocycles. The van der Waals surface area contributed by atoms with Gasteiger partial charge in [-0.1, -0.05) is 6.07 Å². The lowest BCUT2D eigenvalue weighted by Crippen LogP contribution is -2.13. The number of hydrogen-bond acceptors (Lipinski definition) is 5. The normalized spacial score (nSPS) is 12.2. The number of pyridine rings is 1. The smallest absolute Gasteiger partial charge is 0.360 e.